The summed E-state index contributed by atoms with van der Waals surface area (Å²) < 4.78 is 25.2. The summed E-state index contributed by atoms with van der Waals surface area (Å²) in [5.74, 6) is 0. The molecular weight excluding hydrogens is 256 g/mol. The second kappa shape index (κ2) is 6.71. The first kappa shape index (κ1) is 15.7. The van der Waals surface area contributed by atoms with E-state index < -0.39 is 15.1 Å². The molecule has 1 rings (SSSR count). The Balaban J connectivity index is 3.02. The van der Waals surface area contributed by atoms with Crippen LogP contribution in [0.4, 0.5) is 0 Å². The molecular formula is C16H22O2S. The fraction of sp³-hybridized carbons (Fsp3) is 0.375. The molecule has 1 atom stereocenters. The van der Waals surface area contributed by atoms with Crippen LogP contribution in [0.5, 0.6) is 0 Å². The van der Waals surface area contributed by atoms with Crippen molar-refractivity contribution >= 4 is 9.84 Å². The van der Waals surface area contributed by atoms with E-state index in [9.17, 15) is 8.42 Å². The van der Waals surface area contributed by atoms with Crippen molar-refractivity contribution in [1.29, 1.82) is 0 Å². The van der Waals surface area contributed by atoms with Crippen molar-refractivity contribution in [2.75, 3.05) is 0 Å². The maximum Gasteiger partial charge on any atom is 0.185 e. The van der Waals surface area contributed by atoms with Gasteiger partial charge in [0.2, 0.25) is 0 Å². The Bertz CT molecular complexity index is 539. The molecule has 0 bridgehead atoms. The van der Waals surface area contributed by atoms with Gasteiger partial charge >= 0.3 is 0 Å². The third-order valence-electron chi connectivity index (χ3n) is 3.15. The molecule has 0 saturated carbocycles. The van der Waals surface area contributed by atoms with Crippen molar-refractivity contribution in [3.05, 3.63) is 54.6 Å². The molecule has 0 radical (unpaired) electrons. The van der Waals surface area contributed by atoms with E-state index in [0.717, 1.165) is 18.4 Å². The molecule has 0 fully saturated rings. The lowest BCUT2D eigenvalue weighted by atomic mass is 10.1. The van der Waals surface area contributed by atoms with Crippen molar-refractivity contribution in [3.63, 3.8) is 0 Å². The number of sulfone groups is 1. The van der Waals surface area contributed by atoms with Gasteiger partial charge in [-0.15, -0.1) is 6.58 Å². The van der Waals surface area contributed by atoms with Crippen LogP contribution in [0.2, 0.25) is 0 Å². The number of hydrogen-bond acceptors (Lipinski definition) is 2. The molecule has 1 aromatic carbocycles. The SMILES string of the molecule is C=CCCC[C@H](C(=C)C)S(=O)(=O)c1ccc(C)cc1. The number of benzene rings is 1. The van der Waals surface area contributed by atoms with Crippen LogP contribution in [-0.2, 0) is 9.84 Å². The molecule has 104 valence electrons. The zero-order valence-electron chi connectivity index (χ0n) is 11.7. The van der Waals surface area contributed by atoms with Crippen LogP contribution in [-0.4, -0.2) is 13.7 Å². The molecule has 0 amide bonds. The molecule has 0 aromatic heterocycles. The number of aryl methyl sites for hydroxylation is 1. The second-order valence-electron chi connectivity index (χ2n) is 4.91. The summed E-state index contributed by atoms with van der Waals surface area (Å²) >= 11 is 0. The number of unbranched alkanes of at least 4 members (excludes halogenated alkanes) is 1. The Morgan fingerprint density at radius 2 is 1.89 bits per heavy atom. The van der Waals surface area contributed by atoms with Crippen LogP contribution in [0.3, 0.4) is 0 Å². The lowest BCUT2D eigenvalue weighted by Gasteiger charge is -2.17. The van der Waals surface area contributed by atoms with Crippen LogP contribution in [0.25, 0.3) is 0 Å². The molecule has 19 heavy (non-hydrogen) atoms. The third-order valence-corrected chi connectivity index (χ3v) is 5.46. The predicted molar refractivity (Wildman–Crippen MR) is 81.0 cm³/mol. The van der Waals surface area contributed by atoms with Gasteiger partial charge in [-0.1, -0.05) is 35.9 Å². The van der Waals surface area contributed by atoms with Gasteiger partial charge in [0, 0.05) is 0 Å². The molecule has 1 aromatic rings. The number of hydrogen-bond donors (Lipinski definition) is 0. The van der Waals surface area contributed by atoms with Crippen molar-refractivity contribution < 1.29 is 8.42 Å². The van der Waals surface area contributed by atoms with Crippen LogP contribution < -0.4 is 0 Å². The summed E-state index contributed by atoms with van der Waals surface area (Å²) in [7, 11) is -3.33. The minimum atomic E-state index is -3.33. The molecule has 0 saturated heterocycles. The lowest BCUT2D eigenvalue weighted by Crippen LogP contribution is -2.22. The molecule has 0 unspecified atom stereocenters. The van der Waals surface area contributed by atoms with Gasteiger partial charge in [-0.2, -0.15) is 0 Å². The minimum absolute atomic E-state index is 0.379. The maximum atomic E-state index is 12.6. The maximum absolute atomic E-state index is 12.6. The van der Waals surface area contributed by atoms with Gasteiger partial charge in [0.05, 0.1) is 10.1 Å². The van der Waals surface area contributed by atoms with E-state index in [0.29, 0.717) is 16.9 Å². The fourth-order valence-electron chi connectivity index (χ4n) is 2.01. The van der Waals surface area contributed by atoms with Crippen LogP contribution >= 0.6 is 0 Å². The molecule has 3 heteroatoms. The lowest BCUT2D eigenvalue weighted by molar-refractivity contribution is 0.577. The first-order chi connectivity index (χ1) is 8.89. The summed E-state index contributed by atoms with van der Waals surface area (Å²) in [6, 6.07) is 7.00. The van der Waals surface area contributed by atoms with Gasteiger partial charge in [0.1, 0.15) is 0 Å². The average Bonchev–Trinajstić information content (AvgIpc) is 2.34. The predicted octanol–water partition coefficient (Wildman–Crippen LogP) is 4.07. The normalized spacial score (nSPS) is 12.9. The minimum Gasteiger partial charge on any atom is -0.223 e. The van der Waals surface area contributed by atoms with Gasteiger partial charge in [-0.25, -0.2) is 8.42 Å². The molecule has 0 spiro atoms. The highest BCUT2D eigenvalue weighted by molar-refractivity contribution is 7.92. The summed E-state index contributed by atoms with van der Waals surface area (Å²) in [6.07, 6.45) is 4.05. The summed E-state index contributed by atoms with van der Waals surface area (Å²) in [4.78, 5) is 0.379. The van der Waals surface area contributed by atoms with E-state index in [1.165, 1.54) is 0 Å². The highest BCUT2D eigenvalue weighted by Gasteiger charge is 2.27. The summed E-state index contributed by atoms with van der Waals surface area (Å²) in [5.41, 5.74) is 1.75. The quantitative estimate of drug-likeness (QED) is 0.556. The molecule has 0 heterocycles. The monoisotopic (exact) mass is 278 g/mol. The first-order valence-electron chi connectivity index (χ1n) is 6.46. The van der Waals surface area contributed by atoms with Crippen molar-refractivity contribution in [2.24, 2.45) is 0 Å². The number of rotatable bonds is 7. The highest BCUT2D eigenvalue weighted by Crippen LogP contribution is 2.25. The van der Waals surface area contributed by atoms with Crippen LogP contribution in [0.15, 0.2) is 54.0 Å². The third kappa shape index (κ3) is 4.06. The standard InChI is InChI=1S/C16H22O2S/c1-5-6-7-8-16(13(2)3)19(17,18)15-11-9-14(4)10-12-15/h5,9-12,16H,1-2,6-8H2,3-4H3/t16-/m1/s1. The molecule has 0 aliphatic rings. The average molecular weight is 278 g/mol. The Kier molecular flexibility index (Phi) is 5.55. The zero-order valence-corrected chi connectivity index (χ0v) is 12.5. The van der Waals surface area contributed by atoms with Crippen LogP contribution in [0, 0.1) is 6.92 Å². The largest absolute Gasteiger partial charge is 0.223 e. The van der Waals surface area contributed by atoms with E-state index in [4.69, 9.17) is 0 Å². The van der Waals surface area contributed by atoms with Gasteiger partial charge in [-0.05, 0) is 45.2 Å². The smallest absolute Gasteiger partial charge is 0.185 e. The second-order valence-corrected chi connectivity index (χ2v) is 7.04. The molecule has 0 aliphatic carbocycles. The van der Waals surface area contributed by atoms with E-state index in [-0.39, 0.29) is 0 Å². The van der Waals surface area contributed by atoms with E-state index in [1.54, 1.807) is 19.1 Å². The van der Waals surface area contributed by atoms with E-state index >= 15 is 0 Å². The van der Waals surface area contributed by atoms with E-state index in [2.05, 4.69) is 13.2 Å². The first-order valence-corrected chi connectivity index (χ1v) is 8.01. The Morgan fingerprint density at radius 3 is 2.37 bits per heavy atom. The Hall–Kier alpha value is -1.35. The Morgan fingerprint density at radius 1 is 1.32 bits per heavy atom. The van der Waals surface area contributed by atoms with Gasteiger partial charge in [-0.3, -0.25) is 0 Å². The van der Waals surface area contributed by atoms with Gasteiger partial charge in [0.25, 0.3) is 0 Å². The molecule has 0 aliphatic heterocycles. The molecule has 0 N–H and O–H groups in total. The van der Waals surface area contributed by atoms with Gasteiger partial charge < -0.3 is 0 Å². The Labute approximate surface area is 116 Å². The van der Waals surface area contributed by atoms with Crippen molar-refractivity contribution in [2.45, 2.75) is 43.3 Å². The van der Waals surface area contributed by atoms with Crippen LogP contribution in [0.1, 0.15) is 31.7 Å². The zero-order chi connectivity index (χ0) is 14.5. The molecule has 2 nitrogen and oxygen atoms in total. The summed E-state index contributed by atoms with van der Waals surface area (Å²) in [5, 5.41) is -0.504. The van der Waals surface area contributed by atoms with Gasteiger partial charge in [0.15, 0.2) is 9.84 Å². The van der Waals surface area contributed by atoms with Crippen molar-refractivity contribution in [1.82, 2.24) is 0 Å². The van der Waals surface area contributed by atoms with E-state index in [1.807, 2.05) is 25.1 Å². The highest BCUT2D eigenvalue weighted by atomic mass is 32.2. The topological polar surface area (TPSA) is 34.1 Å². The number of allylic oxidation sites excluding steroid dienone is 1. The van der Waals surface area contributed by atoms with Crippen molar-refractivity contribution in [3.8, 4) is 0 Å². The fourth-order valence-corrected chi connectivity index (χ4v) is 3.86. The summed E-state index contributed by atoms with van der Waals surface area (Å²) in [6.45, 7) is 11.2.